The number of hydrogen-bond donors (Lipinski definition) is 1. The molecule has 1 amide bonds. The third kappa shape index (κ3) is 7.49. The summed E-state index contributed by atoms with van der Waals surface area (Å²) in [6.45, 7) is 4.71. The molecule has 3 aromatic carbocycles. The maximum Gasteiger partial charge on any atom is 0.259 e. The Hall–Kier alpha value is -4.35. The Morgan fingerprint density at radius 1 is 0.978 bits per heavy atom. The monoisotopic (exact) mass is 663 g/mol. The summed E-state index contributed by atoms with van der Waals surface area (Å²) in [4.78, 5) is 41.3. The number of amides is 1. The lowest BCUT2D eigenvalue weighted by Crippen LogP contribution is -2.45. The molecule has 0 aliphatic rings. The number of carbonyl (C=O) groups is 2. The molecule has 4 rings (SSSR count). The van der Waals surface area contributed by atoms with Crippen LogP contribution < -0.4 is 20.5 Å². The van der Waals surface area contributed by atoms with Crippen molar-refractivity contribution in [3.05, 3.63) is 117 Å². The molecule has 0 aliphatic carbocycles. The Morgan fingerprint density at radius 2 is 1.60 bits per heavy atom. The maximum absolute atomic E-state index is 14.2. The van der Waals surface area contributed by atoms with E-state index in [0.717, 1.165) is 0 Å². The van der Waals surface area contributed by atoms with Crippen molar-refractivity contribution in [3.63, 3.8) is 0 Å². The number of anilines is 1. The predicted octanol–water partition coefficient (Wildman–Crippen LogP) is 6.99. The van der Waals surface area contributed by atoms with Gasteiger partial charge in [0.15, 0.2) is 23.2 Å². The second-order valence-corrected chi connectivity index (χ2v) is 11.0. The highest BCUT2D eigenvalue weighted by Gasteiger charge is 2.29. The lowest BCUT2D eigenvalue weighted by Gasteiger charge is -2.28. The van der Waals surface area contributed by atoms with Crippen molar-refractivity contribution in [2.75, 3.05) is 18.6 Å². The third-order valence-corrected chi connectivity index (χ3v) is 7.65. The van der Waals surface area contributed by atoms with Gasteiger partial charge in [-0.15, -0.1) is 0 Å². The molecule has 45 heavy (non-hydrogen) atoms. The van der Waals surface area contributed by atoms with Crippen LogP contribution in [0.5, 0.6) is 5.75 Å². The summed E-state index contributed by atoms with van der Waals surface area (Å²) in [5.41, 5.74) is 0.238. The molecule has 0 fully saturated rings. The van der Waals surface area contributed by atoms with Crippen molar-refractivity contribution < 1.29 is 31.9 Å². The number of halogens is 6. The van der Waals surface area contributed by atoms with Crippen LogP contribution >= 0.6 is 23.2 Å². The first kappa shape index (κ1) is 33.5. The molecule has 1 aromatic heterocycles. The summed E-state index contributed by atoms with van der Waals surface area (Å²) in [5, 5.41) is 4.68. The highest BCUT2D eigenvalue weighted by atomic mass is 35.5. The van der Waals surface area contributed by atoms with Crippen LogP contribution in [0.3, 0.4) is 0 Å². The molecule has 4 aromatic rings. The maximum atomic E-state index is 14.2. The molecule has 1 heterocycles. The zero-order valence-corrected chi connectivity index (χ0v) is 25.6. The summed E-state index contributed by atoms with van der Waals surface area (Å²) in [6.07, 6.45) is 1.39. The molecule has 13 heteroatoms. The van der Waals surface area contributed by atoms with E-state index in [1.165, 1.54) is 22.6 Å². The molecular formula is C32H27Cl2F4N3O4. The van der Waals surface area contributed by atoms with Gasteiger partial charge in [0.25, 0.3) is 5.56 Å². The molecule has 0 bridgehead atoms. The second kappa shape index (κ2) is 14.2. The molecular weight excluding hydrogens is 637 g/mol. The number of nitrogens with one attached hydrogen (secondary N) is 1. The fraction of sp³-hybridized carbons (Fsp3) is 0.219. The second-order valence-electron chi connectivity index (χ2n) is 10.1. The van der Waals surface area contributed by atoms with Crippen LogP contribution in [0.15, 0.2) is 77.9 Å². The van der Waals surface area contributed by atoms with Crippen molar-refractivity contribution in [1.82, 2.24) is 9.88 Å². The zero-order valence-electron chi connectivity index (χ0n) is 24.1. The highest BCUT2D eigenvalue weighted by molar-refractivity contribution is 6.31. The third-order valence-electron chi connectivity index (χ3n) is 7.17. The minimum atomic E-state index is -1.82. The summed E-state index contributed by atoms with van der Waals surface area (Å²) >= 11 is 12.0. The lowest BCUT2D eigenvalue weighted by molar-refractivity contribution is -0.127. The van der Waals surface area contributed by atoms with E-state index in [2.05, 4.69) is 11.9 Å². The van der Waals surface area contributed by atoms with E-state index >= 15 is 0 Å². The van der Waals surface area contributed by atoms with E-state index in [-0.39, 0.29) is 17.3 Å². The quantitative estimate of drug-likeness (QED) is 0.131. The highest BCUT2D eigenvalue weighted by Crippen LogP contribution is 2.27. The van der Waals surface area contributed by atoms with Gasteiger partial charge in [0.2, 0.25) is 17.5 Å². The fourth-order valence-electron chi connectivity index (χ4n) is 4.69. The number of hydrogen-bond acceptors (Lipinski definition) is 5. The molecule has 1 N–H and O–H groups in total. The van der Waals surface area contributed by atoms with Gasteiger partial charge in [-0.2, -0.15) is 8.78 Å². The Morgan fingerprint density at radius 3 is 2.22 bits per heavy atom. The van der Waals surface area contributed by atoms with E-state index in [0.29, 0.717) is 32.9 Å². The van der Waals surface area contributed by atoms with E-state index in [1.54, 1.807) is 55.6 Å². The largest absolute Gasteiger partial charge is 0.479 e. The summed E-state index contributed by atoms with van der Waals surface area (Å²) in [7, 11) is 1.47. The van der Waals surface area contributed by atoms with Crippen LogP contribution in [-0.2, 0) is 9.59 Å². The molecule has 0 saturated heterocycles. The number of fused-ring (bicyclic) bond motifs is 1. The molecule has 236 valence electrons. The number of aromatic nitrogens is 1. The average molecular weight is 664 g/mol. The van der Waals surface area contributed by atoms with Crippen molar-refractivity contribution in [3.8, 4) is 5.75 Å². The standard InChI is InChI=1S/C32H27Cl2F4N3O4/c1-4-26(41-12-11-18-5-6-20(34)13-22(18)32(41)44)17(2)39-25(15-28(43)40(3)21-9-7-19(33)8-10-21)27(42)16-45-31-29(37)23(35)14-24(36)30(31)38/h5-14,25-26,39H,2,4,15-16H2,1,3H3/t25?,26-/m0/s1. The molecule has 1 unspecified atom stereocenters. The van der Waals surface area contributed by atoms with Crippen LogP contribution in [0.4, 0.5) is 23.2 Å². The van der Waals surface area contributed by atoms with Gasteiger partial charge in [-0.1, -0.05) is 42.8 Å². The molecule has 0 radical (unpaired) electrons. The van der Waals surface area contributed by atoms with Gasteiger partial charge in [-0.25, -0.2) is 8.78 Å². The van der Waals surface area contributed by atoms with E-state index in [4.69, 9.17) is 27.9 Å². The topological polar surface area (TPSA) is 80.6 Å². The summed E-state index contributed by atoms with van der Waals surface area (Å²) < 4.78 is 62.1. The molecule has 0 saturated carbocycles. The van der Waals surface area contributed by atoms with Crippen molar-refractivity contribution in [2.24, 2.45) is 0 Å². The van der Waals surface area contributed by atoms with Crippen molar-refractivity contribution >= 4 is 51.4 Å². The van der Waals surface area contributed by atoms with Crippen molar-refractivity contribution in [2.45, 2.75) is 31.8 Å². The number of nitrogens with zero attached hydrogens (tertiary/aromatic N) is 2. The Bertz CT molecular complexity index is 1810. The van der Waals surface area contributed by atoms with Crippen LogP contribution in [0, 0.1) is 23.3 Å². The number of pyridine rings is 1. The number of carbonyl (C=O) groups excluding carboxylic acids is 2. The number of ether oxygens (including phenoxy) is 1. The van der Waals surface area contributed by atoms with Crippen LogP contribution in [-0.4, -0.2) is 36.0 Å². The minimum Gasteiger partial charge on any atom is -0.479 e. The first-order valence-electron chi connectivity index (χ1n) is 13.6. The number of allylic oxidation sites excluding steroid dienone is 1. The SMILES string of the molecule is C=C(NC(CC(=O)N(C)c1ccc(Cl)cc1)C(=O)COc1c(F)c(F)cc(F)c1F)[C@H](CC)n1ccc2ccc(Cl)cc2c1=O. The molecule has 0 aliphatic heterocycles. The first-order chi connectivity index (χ1) is 21.3. The van der Waals surface area contributed by atoms with E-state index < -0.39 is 65.8 Å². The van der Waals surface area contributed by atoms with Crippen LogP contribution in [0.25, 0.3) is 10.8 Å². The average Bonchev–Trinajstić information content (AvgIpc) is 3.01. The Balaban J connectivity index is 1.62. The van der Waals surface area contributed by atoms with Gasteiger partial charge in [0, 0.05) is 46.1 Å². The van der Waals surface area contributed by atoms with Gasteiger partial charge in [-0.3, -0.25) is 14.4 Å². The fourth-order valence-corrected chi connectivity index (χ4v) is 4.99. The van der Waals surface area contributed by atoms with Gasteiger partial charge in [0.05, 0.1) is 18.5 Å². The number of benzene rings is 3. The summed E-state index contributed by atoms with van der Waals surface area (Å²) in [6, 6.07) is 10.8. The Labute approximate surface area is 265 Å². The van der Waals surface area contributed by atoms with Gasteiger partial charge in [0.1, 0.15) is 6.61 Å². The summed E-state index contributed by atoms with van der Waals surface area (Å²) in [5.74, 6) is -9.96. The zero-order chi connectivity index (χ0) is 33.0. The first-order valence-corrected chi connectivity index (χ1v) is 14.3. The number of rotatable bonds is 12. The molecule has 0 spiro atoms. The Kier molecular flexibility index (Phi) is 10.6. The van der Waals surface area contributed by atoms with E-state index in [9.17, 15) is 31.9 Å². The van der Waals surface area contributed by atoms with E-state index in [1.807, 2.05) is 0 Å². The van der Waals surface area contributed by atoms with Crippen LogP contribution in [0.2, 0.25) is 10.0 Å². The van der Waals surface area contributed by atoms with Gasteiger partial charge < -0.3 is 19.5 Å². The lowest BCUT2D eigenvalue weighted by atomic mass is 10.0. The molecule has 7 nitrogen and oxygen atoms in total. The van der Waals surface area contributed by atoms with Gasteiger partial charge in [-0.05, 0) is 54.3 Å². The van der Waals surface area contributed by atoms with Gasteiger partial charge >= 0.3 is 0 Å². The van der Waals surface area contributed by atoms with Crippen LogP contribution in [0.1, 0.15) is 25.8 Å². The smallest absolute Gasteiger partial charge is 0.259 e. The normalized spacial score (nSPS) is 12.4. The number of Topliss-reactive ketones (excluding diaryl/α,β-unsaturated/α-hetero) is 1. The minimum absolute atomic E-state index is 0.00648. The predicted molar refractivity (Wildman–Crippen MR) is 165 cm³/mol. The number of ketones is 1. The van der Waals surface area contributed by atoms with Crippen molar-refractivity contribution in [1.29, 1.82) is 0 Å². The molecule has 2 atom stereocenters.